The first-order valence-corrected chi connectivity index (χ1v) is 5.56. The van der Waals surface area contributed by atoms with Crippen molar-refractivity contribution in [2.45, 2.75) is 19.4 Å². The lowest BCUT2D eigenvalue weighted by atomic mass is 10.1. The third-order valence-corrected chi connectivity index (χ3v) is 2.73. The Hall–Kier alpha value is -1.32. The van der Waals surface area contributed by atoms with Crippen LogP contribution in [-0.4, -0.2) is 5.16 Å². The number of nitrogens with zero attached hydrogens (tertiary/aromatic N) is 1. The van der Waals surface area contributed by atoms with Gasteiger partial charge in [0.05, 0.1) is 6.04 Å². The third kappa shape index (κ3) is 2.26. The summed E-state index contributed by atoms with van der Waals surface area (Å²) in [5.41, 5.74) is 7.62. The molecular formula is C12H13ClN2O. The minimum Gasteiger partial charge on any atom is -0.359 e. The summed E-state index contributed by atoms with van der Waals surface area (Å²) in [6.07, 6.45) is 0.829. The first-order valence-electron chi connectivity index (χ1n) is 5.19. The summed E-state index contributed by atoms with van der Waals surface area (Å²) in [5, 5.41) is 4.69. The van der Waals surface area contributed by atoms with Crippen LogP contribution in [0, 0.1) is 0 Å². The zero-order valence-electron chi connectivity index (χ0n) is 8.98. The monoisotopic (exact) mass is 236 g/mol. The van der Waals surface area contributed by atoms with E-state index in [1.807, 2.05) is 37.3 Å². The highest BCUT2D eigenvalue weighted by atomic mass is 35.5. The molecule has 0 bridgehead atoms. The maximum absolute atomic E-state index is 5.85. The van der Waals surface area contributed by atoms with Crippen molar-refractivity contribution in [2.24, 2.45) is 5.73 Å². The predicted octanol–water partition coefficient (Wildman–Crippen LogP) is 3.40. The van der Waals surface area contributed by atoms with E-state index < -0.39 is 0 Å². The van der Waals surface area contributed by atoms with Gasteiger partial charge in [-0.1, -0.05) is 35.8 Å². The van der Waals surface area contributed by atoms with E-state index in [4.69, 9.17) is 21.9 Å². The number of halogens is 1. The Morgan fingerprint density at radius 2 is 2.06 bits per heavy atom. The van der Waals surface area contributed by atoms with Crippen LogP contribution < -0.4 is 5.73 Å². The molecule has 1 atom stereocenters. The highest BCUT2D eigenvalue weighted by Crippen LogP contribution is 2.23. The molecule has 16 heavy (non-hydrogen) atoms. The van der Waals surface area contributed by atoms with E-state index in [1.165, 1.54) is 0 Å². The molecule has 1 heterocycles. The second kappa shape index (κ2) is 4.68. The van der Waals surface area contributed by atoms with Crippen molar-refractivity contribution in [1.29, 1.82) is 0 Å². The Morgan fingerprint density at radius 1 is 1.38 bits per heavy atom. The van der Waals surface area contributed by atoms with Crippen molar-refractivity contribution in [2.75, 3.05) is 0 Å². The molecule has 1 unspecified atom stereocenters. The van der Waals surface area contributed by atoms with Crippen LogP contribution >= 0.6 is 11.6 Å². The van der Waals surface area contributed by atoms with E-state index in [-0.39, 0.29) is 6.04 Å². The Morgan fingerprint density at radius 3 is 2.69 bits per heavy atom. The SMILES string of the molecule is CCC(N)c1cc(-c2ccc(Cl)cc2)no1. The lowest BCUT2D eigenvalue weighted by Gasteiger charge is -2.00. The fourth-order valence-electron chi connectivity index (χ4n) is 1.42. The summed E-state index contributed by atoms with van der Waals surface area (Å²) < 4.78 is 5.19. The predicted molar refractivity (Wildman–Crippen MR) is 64.2 cm³/mol. The molecule has 0 fully saturated rings. The van der Waals surface area contributed by atoms with E-state index in [0.717, 1.165) is 17.7 Å². The molecule has 0 saturated heterocycles. The van der Waals surface area contributed by atoms with Crippen LogP contribution in [0.5, 0.6) is 0 Å². The van der Waals surface area contributed by atoms with Gasteiger partial charge in [-0.25, -0.2) is 0 Å². The number of rotatable bonds is 3. The Bertz CT molecular complexity index is 464. The number of hydrogen-bond donors (Lipinski definition) is 1. The van der Waals surface area contributed by atoms with Crippen LogP contribution in [0.1, 0.15) is 25.1 Å². The fraction of sp³-hybridized carbons (Fsp3) is 0.250. The standard InChI is InChI=1S/C12H13ClN2O/c1-2-10(14)12-7-11(15-16-12)8-3-5-9(13)6-4-8/h3-7,10H,2,14H2,1H3. The number of aromatic nitrogens is 1. The summed E-state index contributed by atoms with van der Waals surface area (Å²) in [7, 11) is 0. The molecule has 2 N–H and O–H groups in total. The van der Waals surface area contributed by atoms with Crippen molar-refractivity contribution in [3.63, 3.8) is 0 Å². The highest BCUT2D eigenvalue weighted by Gasteiger charge is 2.11. The molecule has 2 aromatic rings. The molecular weight excluding hydrogens is 224 g/mol. The van der Waals surface area contributed by atoms with E-state index >= 15 is 0 Å². The molecule has 2 rings (SSSR count). The molecule has 1 aromatic carbocycles. The maximum atomic E-state index is 5.85. The summed E-state index contributed by atoms with van der Waals surface area (Å²) >= 11 is 5.81. The van der Waals surface area contributed by atoms with E-state index in [1.54, 1.807) is 0 Å². The van der Waals surface area contributed by atoms with Crippen molar-refractivity contribution in [1.82, 2.24) is 5.16 Å². The summed E-state index contributed by atoms with van der Waals surface area (Å²) in [6.45, 7) is 2.01. The minimum absolute atomic E-state index is 0.0893. The molecule has 3 nitrogen and oxygen atoms in total. The Balaban J connectivity index is 2.28. The van der Waals surface area contributed by atoms with Gasteiger partial charge in [-0.3, -0.25) is 0 Å². The van der Waals surface area contributed by atoms with Crippen molar-refractivity contribution >= 4 is 11.6 Å². The van der Waals surface area contributed by atoms with Crippen LogP contribution in [0.2, 0.25) is 5.02 Å². The third-order valence-electron chi connectivity index (χ3n) is 2.47. The lowest BCUT2D eigenvalue weighted by Crippen LogP contribution is -2.06. The second-order valence-corrected chi connectivity index (χ2v) is 4.07. The normalized spacial score (nSPS) is 12.7. The van der Waals surface area contributed by atoms with Crippen molar-refractivity contribution in [3.05, 3.63) is 41.1 Å². The van der Waals surface area contributed by atoms with E-state index in [9.17, 15) is 0 Å². The molecule has 0 radical (unpaired) electrons. The highest BCUT2D eigenvalue weighted by molar-refractivity contribution is 6.30. The largest absolute Gasteiger partial charge is 0.359 e. The van der Waals surface area contributed by atoms with E-state index in [2.05, 4.69) is 5.16 Å². The minimum atomic E-state index is -0.0893. The summed E-state index contributed by atoms with van der Waals surface area (Å²) in [4.78, 5) is 0. The number of hydrogen-bond acceptors (Lipinski definition) is 3. The van der Waals surface area contributed by atoms with Crippen molar-refractivity contribution in [3.8, 4) is 11.3 Å². The van der Waals surface area contributed by atoms with Gasteiger partial charge in [0.1, 0.15) is 5.69 Å². The fourth-order valence-corrected chi connectivity index (χ4v) is 1.55. The zero-order chi connectivity index (χ0) is 11.5. The van der Waals surface area contributed by atoms with Crippen molar-refractivity contribution < 1.29 is 4.52 Å². The topological polar surface area (TPSA) is 52.0 Å². The van der Waals surface area contributed by atoms with Gasteiger partial charge >= 0.3 is 0 Å². The molecule has 0 spiro atoms. The van der Waals surface area contributed by atoms with Gasteiger partial charge in [0.15, 0.2) is 5.76 Å². The molecule has 0 aliphatic carbocycles. The maximum Gasteiger partial charge on any atom is 0.154 e. The molecule has 0 aliphatic heterocycles. The van der Waals surface area contributed by atoms with Gasteiger partial charge in [-0.2, -0.15) is 0 Å². The average Bonchev–Trinajstić information content (AvgIpc) is 2.78. The van der Waals surface area contributed by atoms with E-state index in [0.29, 0.717) is 10.8 Å². The average molecular weight is 237 g/mol. The molecule has 84 valence electrons. The second-order valence-electron chi connectivity index (χ2n) is 3.64. The van der Waals surface area contributed by atoms with Crippen LogP contribution in [0.3, 0.4) is 0 Å². The first kappa shape index (κ1) is 11.2. The number of nitrogens with two attached hydrogens (primary N) is 1. The van der Waals surface area contributed by atoms with Crippen LogP contribution in [0.15, 0.2) is 34.9 Å². The summed E-state index contributed by atoms with van der Waals surface area (Å²) in [6, 6.07) is 9.24. The smallest absolute Gasteiger partial charge is 0.154 e. The van der Waals surface area contributed by atoms with Crippen LogP contribution in [0.25, 0.3) is 11.3 Å². The zero-order valence-corrected chi connectivity index (χ0v) is 9.74. The van der Waals surface area contributed by atoms with Gasteiger partial charge in [0, 0.05) is 16.7 Å². The quantitative estimate of drug-likeness (QED) is 0.889. The molecule has 4 heteroatoms. The van der Waals surface area contributed by atoms with Gasteiger partial charge in [-0.05, 0) is 18.6 Å². The Labute approximate surface area is 99.2 Å². The van der Waals surface area contributed by atoms with Gasteiger partial charge in [0.2, 0.25) is 0 Å². The lowest BCUT2D eigenvalue weighted by molar-refractivity contribution is 0.360. The first-order chi connectivity index (χ1) is 7.70. The van der Waals surface area contributed by atoms with Crippen LogP contribution in [-0.2, 0) is 0 Å². The Kier molecular flexibility index (Phi) is 3.27. The number of benzene rings is 1. The molecule has 0 amide bonds. The van der Waals surface area contributed by atoms with Gasteiger partial charge in [-0.15, -0.1) is 0 Å². The van der Waals surface area contributed by atoms with Gasteiger partial charge < -0.3 is 10.3 Å². The molecule has 0 aliphatic rings. The molecule has 0 saturated carbocycles. The van der Waals surface area contributed by atoms with Gasteiger partial charge in [0.25, 0.3) is 0 Å². The summed E-state index contributed by atoms with van der Waals surface area (Å²) in [5.74, 6) is 0.715. The molecule has 1 aromatic heterocycles. The van der Waals surface area contributed by atoms with Crippen LogP contribution in [0.4, 0.5) is 0 Å².